The molecule has 0 fully saturated rings. The van der Waals surface area contributed by atoms with E-state index in [2.05, 4.69) is 26.2 Å². The second kappa shape index (κ2) is 9.21. The summed E-state index contributed by atoms with van der Waals surface area (Å²) in [4.78, 5) is 16.5. The molecule has 1 N–H and O–H groups in total. The zero-order chi connectivity index (χ0) is 19.2. The summed E-state index contributed by atoms with van der Waals surface area (Å²) in [6.45, 7) is 2.44. The predicted octanol–water partition coefficient (Wildman–Crippen LogP) is 5.64. The molecular formula is C19H16BrClN2O3S. The van der Waals surface area contributed by atoms with Crippen LogP contribution >= 0.6 is 38.9 Å². The summed E-state index contributed by atoms with van der Waals surface area (Å²) in [6, 6.07) is 12.8. The number of carbonyl (C=O) groups is 1. The number of halogens is 2. The summed E-state index contributed by atoms with van der Waals surface area (Å²) in [6.07, 6.45) is 0. The second-order valence-corrected chi connectivity index (χ2v) is 7.56. The third-order valence-electron chi connectivity index (χ3n) is 3.46. The number of hydrogen-bond donors (Lipinski definition) is 1. The summed E-state index contributed by atoms with van der Waals surface area (Å²) in [7, 11) is 0. The highest BCUT2D eigenvalue weighted by molar-refractivity contribution is 9.10. The molecular weight excluding hydrogens is 452 g/mol. The molecule has 5 nitrogen and oxygen atoms in total. The molecule has 2 aromatic carbocycles. The quantitative estimate of drug-likeness (QED) is 0.488. The smallest absolute Gasteiger partial charge is 0.264 e. The first-order valence-electron chi connectivity index (χ1n) is 8.11. The summed E-state index contributed by atoms with van der Waals surface area (Å²) in [5.74, 6) is 1.07. The van der Waals surface area contributed by atoms with E-state index in [9.17, 15) is 4.79 Å². The van der Waals surface area contributed by atoms with Crippen LogP contribution in [0.3, 0.4) is 0 Å². The van der Waals surface area contributed by atoms with E-state index in [4.69, 9.17) is 21.1 Å². The summed E-state index contributed by atoms with van der Waals surface area (Å²) in [5, 5.41) is 5.74. The molecule has 0 spiro atoms. The zero-order valence-electron chi connectivity index (χ0n) is 14.4. The average molecular weight is 468 g/mol. The summed E-state index contributed by atoms with van der Waals surface area (Å²) >= 11 is 10.6. The fourth-order valence-electron chi connectivity index (χ4n) is 2.24. The van der Waals surface area contributed by atoms with Gasteiger partial charge in [-0.2, -0.15) is 0 Å². The van der Waals surface area contributed by atoms with E-state index in [-0.39, 0.29) is 12.5 Å². The van der Waals surface area contributed by atoms with Gasteiger partial charge in [-0.1, -0.05) is 11.6 Å². The molecule has 140 valence electrons. The van der Waals surface area contributed by atoms with Gasteiger partial charge in [0.2, 0.25) is 0 Å². The largest absolute Gasteiger partial charge is 0.494 e. The molecule has 27 heavy (non-hydrogen) atoms. The molecule has 0 saturated heterocycles. The Morgan fingerprint density at radius 1 is 1.22 bits per heavy atom. The van der Waals surface area contributed by atoms with Crippen molar-refractivity contribution in [2.75, 3.05) is 18.5 Å². The first-order chi connectivity index (χ1) is 13.0. The number of rotatable bonds is 7. The predicted molar refractivity (Wildman–Crippen MR) is 112 cm³/mol. The molecule has 3 aromatic rings. The maximum Gasteiger partial charge on any atom is 0.264 e. The van der Waals surface area contributed by atoms with Gasteiger partial charge >= 0.3 is 0 Å². The number of amides is 1. The molecule has 1 amide bonds. The molecule has 0 aliphatic heterocycles. The van der Waals surface area contributed by atoms with Crippen molar-refractivity contribution < 1.29 is 14.3 Å². The molecule has 0 aliphatic rings. The van der Waals surface area contributed by atoms with Gasteiger partial charge in [-0.15, -0.1) is 11.3 Å². The van der Waals surface area contributed by atoms with Crippen LogP contribution in [0.4, 0.5) is 5.13 Å². The molecule has 0 bridgehead atoms. The van der Waals surface area contributed by atoms with Crippen LogP contribution in [0.15, 0.2) is 52.3 Å². The summed E-state index contributed by atoms with van der Waals surface area (Å²) < 4.78 is 11.6. The normalized spacial score (nSPS) is 10.5. The lowest BCUT2D eigenvalue weighted by Crippen LogP contribution is -2.20. The van der Waals surface area contributed by atoms with Crippen LogP contribution in [-0.4, -0.2) is 24.1 Å². The van der Waals surface area contributed by atoms with E-state index < -0.39 is 0 Å². The van der Waals surface area contributed by atoms with E-state index in [1.165, 1.54) is 11.3 Å². The third-order valence-corrected chi connectivity index (χ3v) is 5.08. The minimum Gasteiger partial charge on any atom is -0.494 e. The van der Waals surface area contributed by atoms with Gasteiger partial charge in [0.05, 0.1) is 16.8 Å². The zero-order valence-corrected chi connectivity index (χ0v) is 17.5. The topological polar surface area (TPSA) is 60.5 Å². The molecule has 0 unspecified atom stereocenters. The monoisotopic (exact) mass is 466 g/mol. The van der Waals surface area contributed by atoms with E-state index >= 15 is 0 Å². The Hall–Kier alpha value is -2.09. The molecule has 0 saturated carbocycles. The Labute approximate surface area is 174 Å². The lowest BCUT2D eigenvalue weighted by Gasteiger charge is -2.08. The van der Waals surface area contributed by atoms with E-state index in [1.54, 1.807) is 18.2 Å². The van der Waals surface area contributed by atoms with Crippen LogP contribution in [0, 0.1) is 0 Å². The van der Waals surface area contributed by atoms with Gasteiger partial charge in [0, 0.05) is 16.0 Å². The van der Waals surface area contributed by atoms with Crippen molar-refractivity contribution in [3.63, 3.8) is 0 Å². The summed E-state index contributed by atoms with van der Waals surface area (Å²) in [5.41, 5.74) is 1.75. The molecule has 0 atom stereocenters. The number of thiazole rings is 1. The lowest BCUT2D eigenvalue weighted by atomic mass is 10.2. The van der Waals surface area contributed by atoms with Crippen molar-refractivity contribution in [3.8, 4) is 22.8 Å². The van der Waals surface area contributed by atoms with Crippen LogP contribution in [-0.2, 0) is 4.79 Å². The fraction of sp³-hybridized carbons (Fsp3) is 0.158. The fourth-order valence-corrected chi connectivity index (χ4v) is 3.78. The number of hydrogen-bond acceptors (Lipinski definition) is 5. The highest BCUT2D eigenvalue weighted by atomic mass is 79.9. The average Bonchev–Trinajstić information content (AvgIpc) is 3.10. The van der Waals surface area contributed by atoms with Crippen molar-refractivity contribution in [2.45, 2.75) is 6.92 Å². The number of anilines is 1. The van der Waals surface area contributed by atoms with Gasteiger partial charge < -0.3 is 9.47 Å². The highest BCUT2D eigenvalue weighted by Crippen LogP contribution is 2.28. The first kappa shape index (κ1) is 19.7. The molecule has 1 heterocycles. The minimum atomic E-state index is -0.288. The van der Waals surface area contributed by atoms with Crippen molar-refractivity contribution >= 4 is 49.9 Å². The number of aromatic nitrogens is 1. The SMILES string of the molecule is CCOc1ccc(-c2csc(NC(=O)COc3ccc(Cl)cc3Br)n2)cc1. The van der Waals surface area contributed by atoms with Crippen molar-refractivity contribution in [1.82, 2.24) is 4.98 Å². The molecule has 1 aromatic heterocycles. The molecule has 0 aliphatic carbocycles. The number of benzene rings is 2. The van der Waals surface area contributed by atoms with Gasteiger partial charge in [0.1, 0.15) is 11.5 Å². The van der Waals surface area contributed by atoms with Gasteiger partial charge in [0.15, 0.2) is 11.7 Å². The Balaban J connectivity index is 1.57. The second-order valence-electron chi connectivity index (χ2n) is 5.41. The Kier molecular flexibility index (Phi) is 6.71. The molecule has 3 rings (SSSR count). The van der Waals surface area contributed by atoms with Crippen molar-refractivity contribution in [1.29, 1.82) is 0 Å². The number of ether oxygens (including phenoxy) is 2. The van der Waals surface area contributed by atoms with Gasteiger partial charge in [-0.3, -0.25) is 10.1 Å². The van der Waals surface area contributed by atoms with Crippen molar-refractivity contribution in [3.05, 3.63) is 57.3 Å². The highest BCUT2D eigenvalue weighted by Gasteiger charge is 2.10. The van der Waals surface area contributed by atoms with Crippen LogP contribution < -0.4 is 14.8 Å². The number of nitrogens with one attached hydrogen (secondary N) is 1. The number of carbonyl (C=O) groups excluding carboxylic acids is 1. The van der Waals surface area contributed by atoms with Gasteiger partial charge in [-0.25, -0.2) is 4.98 Å². The van der Waals surface area contributed by atoms with E-state index in [0.717, 1.165) is 17.0 Å². The van der Waals surface area contributed by atoms with E-state index in [1.807, 2.05) is 36.6 Å². The maximum absolute atomic E-state index is 12.1. The van der Waals surface area contributed by atoms with Crippen LogP contribution in [0.2, 0.25) is 5.02 Å². The third kappa shape index (κ3) is 5.45. The van der Waals surface area contributed by atoms with Crippen LogP contribution in [0.25, 0.3) is 11.3 Å². The van der Waals surface area contributed by atoms with Crippen molar-refractivity contribution in [2.24, 2.45) is 0 Å². The lowest BCUT2D eigenvalue weighted by molar-refractivity contribution is -0.118. The Bertz CT molecular complexity index is 931. The number of nitrogens with zero attached hydrogens (tertiary/aromatic N) is 1. The Morgan fingerprint density at radius 3 is 2.70 bits per heavy atom. The Morgan fingerprint density at radius 2 is 2.00 bits per heavy atom. The molecule has 8 heteroatoms. The van der Waals surface area contributed by atoms with E-state index in [0.29, 0.717) is 27.0 Å². The maximum atomic E-state index is 12.1. The molecule has 0 radical (unpaired) electrons. The van der Waals surface area contributed by atoms with Crippen LogP contribution in [0.1, 0.15) is 6.92 Å². The minimum absolute atomic E-state index is 0.127. The van der Waals surface area contributed by atoms with Gasteiger partial charge in [-0.05, 0) is 65.3 Å². The first-order valence-corrected chi connectivity index (χ1v) is 10.2. The standard InChI is InChI=1S/C19H16BrClN2O3S/c1-2-25-14-6-3-12(4-7-14)16-11-27-19(22-16)23-18(24)10-26-17-8-5-13(21)9-15(17)20/h3-9,11H,2,10H2,1H3,(H,22,23,24). The van der Waals surface area contributed by atoms with Gasteiger partial charge in [0.25, 0.3) is 5.91 Å². The van der Waals surface area contributed by atoms with Crippen LogP contribution in [0.5, 0.6) is 11.5 Å².